The summed E-state index contributed by atoms with van der Waals surface area (Å²) in [5.41, 5.74) is 6.13. The molecule has 0 saturated carbocycles. The first kappa shape index (κ1) is 37.4. The van der Waals surface area contributed by atoms with Crippen molar-refractivity contribution in [1.82, 2.24) is 0 Å². The molecule has 0 atom stereocenters. The standard InChI is InChI=1S/C20H16N4O3.4C2H6.Cu/c25-19-13-7-6-12-18(19)22-24-20(15-8-2-1-3-9-15)23-21-17-11-5-4-10-16(17)14-27-26;4*1-2;/h1-14H,(H2-,21,22,23,24,25,26);4*1-2H3;/q-2;;;;;+2. The summed E-state index contributed by atoms with van der Waals surface area (Å²) in [6.07, 6.45) is 0. The van der Waals surface area contributed by atoms with E-state index >= 15 is 0 Å². The Hall–Kier alpha value is -3.16. The van der Waals surface area contributed by atoms with Gasteiger partial charge >= 0.3 is 17.1 Å². The summed E-state index contributed by atoms with van der Waals surface area (Å²) in [6.45, 7) is 17.2. The Bertz CT molecular complexity index is 952. The quantitative estimate of drug-likeness (QED) is 0.0615. The van der Waals surface area contributed by atoms with Crippen LogP contribution < -0.4 is 0 Å². The van der Waals surface area contributed by atoms with Gasteiger partial charge in [0.05, 0.1) is 0 Å². The topological polar surface area (TPSA) is 101 Å². The number of hydrogen-bond acceptors (Lipinski definition) is 5. The van der Waals surface area contributed by atoms with Crippen LogP contribution in [0.25, 0.3) is 5.43 Å². The number of azo groups is 1. The van der Waals surface area contributed by atoms with Crippen LogP contribution in [0.1, 0.15) is 66.5 Å². The van der Waals surface area contributed by atoms with Gasteiger partial charge in [-0.2, -0.15) is 6.07 Å². The van der Waals surface area contributed by atoms with Crippen molar-refractivity contribution in [1.29, 1.82) is 0 Å². The number of phenolic OH excluding ortho intramolecular Hbond substituents is 1. The SMILES string of the molecule is CC.CC.CC.CC.OO[CH-]c1ccccc1N=NC(=N[N-]c1ccccc1O)c1ccccc1.[Cu+2]. The number of rotatable bonds is 6. The minimum atomic E-state index is 0. The Morgan fingerprint density at radius 1 is 0.750 bits per heavy atom. The van der Waals surface area contributed by atoms with Gasteiger partial charge in [-0.05, 0) is 18.4 Å². The molecule has 0 fully saturated rings. The normalized spacial score (nSPS) is 9.31. The van der Waals surface area contributed by atoms with Crippen LogP contribution in [0.15, 0.2) is 94.2 Å². The minimum Gasteiger partial charge on any atom is -0.571 e. The van der Waals surface area contributed by atoms with Crippen LogP contribution in [0.4, 0.5) is 11.4 Å². The molecule has 0 saturated heterocycles. The zero-order valence-electron chi connectivity index (χ0n) is 22.5. The van der Waals surface area contributed by atoms with Crippen LogP contribution in [0, 0.1) is 6.61 Å². The Kier molecular flexibility index (Phi) is 27.5. The third kappa shape index (κ3) is 14.3. The molecule has 7 nitrogen and oxygen atoms in total. The van der Waals surface area contributed by atoms with Crippen molar-refractivity contribution >= 4 is 17.2 Å². The van der Waals surface area contributed by atoms with Crippen LogP contribution in [-0.4, -0.2) is 16.2 Å². The number of aromatic hydroxyl groups is 1. The van der Waals surface area contributed by atoms with Gasteiger partial charge in [-0.3, -0.25) is 10.1 Å². The number of benzene rings is 3. The number of phenols is 1. The summed E-state index contributed by atoms with van der Waals surface area (Å²) >= 11 is 0. The molecule has 3 aromatic carbocycles. The molecule has 2 N–H and O–H groups in total. The Morgan fingerprint density at radius 2 is 1.28 bits per heavy atom. The van der Waals surface area contributed by atoms with Gasteiger partial charge in [0.2, 0.25) is 0 Å². The summed E-state index contributed by atoms with van der Waals surface area (Å²) in [5, 5.41) is 31.0. The molecule has 8 heteroatoms. The van der Waals surface area contributed by atoms with E-state index in [1.165, 1.54) is 6.07 Å². The molecule has 0 aromatic heterocycles. The number of amidine groups is 1. The van der Waals surface area contributed by atoms with Crippen molar-refractivity contribution in [2.24, 2.45) is 15.3 Å². The van der Waals surface area contributed by atoms with Gasteiger partial charge in [0.1, 0.15) is 5.75 Å². The summed E-state index contributed by atoms with van der Waals surface area (Å²) in [7, 11) is 0. The fraction of sp³-hybridized carbons (Fsp3) is 0.286. The van der Waals surface area contributed by atoms with Gasteiger partial charge in [-0.1, -0.05) is 122 Å². The Balaban J connectivity index is -0.00000110. The van der Waals surface area contributed by atoms with E-state index in [1.807, 2.05) is 85.7 Å². The summed E-state index contributed by atoms with van der Waals surface area (Å²) < 4.78 is 0. The molecule has 0 aliphatic heterocycles. The predicted molar refractivity (Wildman–Crippen MR) is 148 cm³/mol. The first-order valence-electron chi connectivity index (χ1n) is 12.0. The maximum Gasteiger partial charge on any atom is 2.00 e. The van der Waals surface area contributed by atoms with Gasteiger partial charge in [0, 0.05) is 5.56 Å². The van der Waals surface area contributed by atoms with Gasteiger partial charge in [-0.15, -0.1) is 16.7 Å². The molecule has 1 radical (unpaired) electrons. The molecule has 0 heterocycles. The first-order valence-corrected chi connectivity index (χ1v) is 12.0. The Labute approximate surface area is 227 Å². The van der Waals surface area contributed by atoms with E-state index in [4.69, 9.17) is 5.26 Å². The molecule has 3 rings (SSSR count). The largest absolute Gasteiger partial charge is 2.00 e. The first-order chi connectivity index (χ1) is 17.3. The fourth-order valence-electron chi connectivity index (χ4n) is 2.21. The molecule has 3 aromatic rings. The Morgan fingerprint density at radius 3 is 1.86 bits per heavy atom. The van der Waals surface area contributed by atoms with Crippen molar-refractivity contribution in [2.45, 2.75) is 55.4 Å². The number of hydrogen-bond donors (Lipinski definition) is 2. The van der Waals surface area contributed by atoms with Crippen molar-refractivity contribution in [2.75, 3.05) is 0 Å². The maximum absolute atomic E-state index is 9.84. The van der Waals surface area contributed by atoms with Gasteiger partial charge < -0.3 is 15.6 Å². The second-order valence-electron chi connectivity index (χ2n) is 5.36. The summed E-state index contributed by atoms with van der Waals surface area (Å²) in [5.74, 6) is 0.282. The summed E-state index contributed by atoms with van der Waals surface area (Å²) in [6, 6.07) is 22.8. The molecule has 0 unspecified atom stereocenters. The minimum absolute atomic E-state index is 0. The molecule has 0 aliphatic rings. The third-order valence-corrected chi connectivity index (χ3v) is 3.54. The predicted octanol–water partition coefficient (Wildman–Crippen LogP) is 9.64. The number of para-hydroxylation sites is 1. The van der Waals surface area contributed by atoms with Crippen LogP contribution in [0.3, 0.4) is 0 Å². The molecular weight excluding hydrogens is 504 g/mol. The zero-order chi connectivity index (χ0) is 26.9. The second kappa shape index (κ2) is 26.4. The molecule has 36 heavy (non-hydrogen) atoms. The van der Waals surface area contributed by atoms with E-state index in [0.29, 0.717) is 22.5 Å². The number of nitrogens with zero attached hydrogens (tertiary/aromatic N) is 4. The van der Waals surface area contributed by atoms with Crippen molar-refractivity contribution < 1.29 is 32.3 Å². The molecule has 0 aliphatic carbocycles. The van der Waals surface area contributed by atoms with E-state index in [2.05, 4.69) is 25.6 Å². The van der Waals surface area contributed by atoms with Crippen LogP contribution in [0.5, 0.6) is 5.75 Å². The molecule has 201 valence electrons. The van der Waals surface area contributed by atoms with E-state index < -0.39 is 0 Å². The molecular formula is C28H40CuN4O3. The fourth-order valence-corrected chi connectivity index (χ4v) is 2.21. The zero-order valence-corrected chi connectivity index (χ0v) is 23.4. The van der Waals surface area contributed by atoms with Crippen molar-refractivity contribution in [3.05, 3.63) is 102 Å². The summed E-state index contributed by atoms with van der Waals surface area (Å²) in [4.78, 5) is 4.08. The van der Waals surface area contributed by atoms with E-state index in [-0.39, 0.29) is 28.7 Å². The van der Waals surface area contributed by atoms with Gasteiger partial charge in [-0.25, -0.2) is 5.11 Å². The van der Waals surface area contributed by atoms with E-state index in [9.17, 15) is 5.11 Å². The van der Waals surface area contributed by atoms with Gasteiger partial charge in [0.25, 0.3) is 0 Å². The molecule has 0 amide bonds. The van der Waals surface area contributed by atoms with Crippen molar-refractivity contribution in [3.8, 4) is 5.75 Å². The second-order valence-corrected chi connectivity index (χ2v) is 5.36. The average Bonchev–Trinajstić information content (AvgIpc) is 2.95. The van der Waals surface area contributed by atoms with Gasteiger partial charge in [0.15, 0.2) is 5.84 Å². The smallest absolute Gasteiger partial charge is 0.571 e. The molecule has 0 spiro atoms. The van der Waals surface area contributed by atoms with Crippen LogP contribution >= 0.6 is 0 Å². The van der Waals surface area contributed by atoms with Crippen LogP contribution in [0.2, 0.25) is 0 Å². The molecule has 0 bridgehead atoms. The van der Waals surface area contributed by atoms with Crippen LogP contribution in [-0.2, 0) is 22.0 Å². The van der Waals surface area contributed by atoms with Crippen molar-refractivity contribution in [3.63, 3.8) is 0 Å². The van der Waals surface area contributed by atoms with E-state index in [1.54, 1.807) is 42.5 Å². The average molecular weight is 544 g/mol. The third-order valence-electron chi connectivity index (χ3n) is 3.54. The monoisotopic (exact) mass is 543 g/mol. The van der Waals surface area contributed by atoms with E-state index in [0.717, 1.165) is 6.61 Å². The maximum atomic E-state index is 9.84.